The van der Waals surface area contributed by atoms with Crippen molar-refractivity contribution in [2.24, 2.45) is 0 Å². The molecule has 4 heteroatoms. The molecule has 48 heavy (non-hydrogen) atoms. The van der Waals surface area contributed by atoms with Gasteiger partial charge < -0.3 is 0 Å². The normalized spacial score (nSPS) is 12.8. The zero-order valence-electron chi connectivity index (χ0n) is 31.0. The fourth-order valence-electron chi connectivity index (χ4n) is 9.13. The van der Waals surface area contributed by atoms with Crippen molar-refractivity contribution in [2.45, 2.75) is 116 Å². The van der Waals surface area contributed by atoms with E-state index in [9.17, 15) is 8.78 Å². The summed E-state index contributed by atoms with van der Waals surface area (Å²) in [5.41, 5.74) is 12.8. The molecule has 0 radical (unpaired) electrons. The molecule has 0 amide bonds. The van der Waals surface area contributed by atoms with E-state index in [4.69, 9.17) is 0 Å². The monoisotopic (exact) mass is 674 g/mol. The van der Waals surface area contributed by atoms with Crippen LogP contribution in [-0.2, 0) is 0 Å². The molecule has 0 aliphatic rings. The Morgan fingerprint density at radius 2 is 0.667 bits per heavy atom. The molecule has 0 heterocycles. The van der Waals surface area contributed by atoms with Gasteiger partial charge >= 0.3 is 0 Å². The average molecular weight is 675 g/mol. The Labute approximate surface area is 289 Å². The predicted molar refractivity (Wildman–Crippen MR) is 212 cm³/mol. The van der Waals surface area contributed by atoms with Gasteiger partial charge in [0.25, 0.3) is 0 Å². The van der Waals surface area contributed by atoms with Crippen LogP contribution >= 0.6 is 0 Å². The number of benzene rings is 5. The molecule has 0 nitrogen and oxygen atoms in total. The Morgan fingerprint density at radius 3 is 0.938 bits per heavy atom. The molecule has 0 spiro atoms. The third kappa shape index (κ3) is 6.01. The maximum atomic E-state index is 14.7. The second kappa shape index (κ2) is 13.5. The number of rotatable bonds is 6. The third-order valence-electron chi connectivity index (χ3n) is 11.5. The van der Waals surface area contributed by atoms with E-state index in [2.05, 4.69) is 130 Å². The molecule has 5 aromatic carbocycles. The van der Waals surface area contributed by atoms with Crippen molar-refractivity contribution >= 4 is 59.2 Å². The van der Waals surface area contributed by atoms with Gasteiger partial charge in [-0.15, -0.1) is 11.1 Å². The zero-order chi connectivity index (χ0) is 35.3. The highest BCUT2D eigenvalue weighted by Gasteiger charge is 2.43. The highest BCUT2D eigenvalue weighted by molar-refractivity contribution is 6.91. The van der Waals surface area contributed by atoms with Crippen molar-refractivity contribution in [3.05, 3.63) is 83.4 Å². The van der Waals surface area contributed by atoms with E-state index in [1.807, 2.05) is 12.1 Å². The summed E-state index contributed by atoms with van der Waals surface area (Å²) in [6.45, 7) is 28.0. The van der Waals surface area contributed by atoms with Crippen LogP contribution in [0.5, 0.6) is 0 Å². The lowest BCUT2D eigenvalue weighted by molar-refractivity contribution is 0.629. The summed E-state index contributed by atoms with van der Waals surface area (Å²) in [6, 6.07) is 18.6. The van der Waals surface area contributed by atoms with Crippen LogP contribution in [0.25, 0.3) is 43.1 Å². The quantitative estimate of drug-likeness (QED) is 0.0955. The number of fused-ring (bicyclic) bond motifs is 4. The summed E-state index contributed by atoms with van der Waals surface area (Å²) in [5, 5.41) is 7.69. The van der Waals surface area contributed by atoms with Crippen LogP contribution in [0.2, 0.25) is 33.2 Å². The summed E-state index contributed by atoms with van der Waals surface area (Å²) >= 11 is 0. The molecular weight excluding hydrogens is 623 g/mol. The van der Waals surface area contributed by atoms with Gasteiger partial charge in [0.15, 0.2) is 0 Å². The minimum absolute atomic E-state index is 0.254. The molecule has 250 valence electrons. The van der Waals surface area contributed by atoms with Crippen molar-refractivity contribution in [3.63, 3.8) is 0 Å². The first-order chi connectivity index (χ1) is 22.5. The van der Waals surface area contributed by atoms with Crippen molar-refractivity contribution in [2.75, 3.05) is 0 Å². The minimum Gasteiger partial charge on any atom is -0.207 e. The molecule has 0 saturated heterocycles. The highest BCUT2D eigenvalue weighted by Crippen LogP contribution is 2.44. The Morgan fingerprint density at radius 1 is 0.396 bits per heavy atom. The standard InChI is InChI=1S/C44H52F2Si2/c1-27(2)47(28(3)4,29(5)6)19-17-39-41-23-33-13-15-38(46)22-36(33)26-44(41)40(18-20-48(30(7)8,31(9)10)32(11)12)42-24-34-14-16-37(45)21-35(34)25-43(39)42/h13-16,21-32H,1-12H3. The molecule has 0 aliphatic heterocycles. The van der Waals surface area contributed by atoms with Gasteiger partial charge in [0.2, 0.25) is 0 Å². The van der Waals surface area contributed by atoms with Crippen molar-refractivity contribution in [3.8, 4) is 22.9 Å². The van der Waals surface area contributed by atoms with E-state index in [-0.39, 0.29) is 11.6 Å². The average Bonchev–Trinajstić information content (AvgIpc) is 2.99. The topological polar surface area (TPSA) is 0 Å². The first-order valence-corrected chi connectivity index (χ1v) is 22.3. The fourth-order valence-corrected chi connectivity index (χ4v) is 19.5. The van der Waals surface area contributed by atoms with Gasteiger partial charge in [-0.3, -0.25) is 0 Å². The first-order valence-electron chi connectivity index (χ1n) is 17.8. The molecule has 0 aliphatic carbocycles. The van der Waals surface area contributed by atoms with Crippen LogP contribution < -0.4 is 0 Å². The molecule has 0 fully saturated rings. The lowest BCUT2D eigenvalue weighted by atomic mass is 9.89. The lowest BCUT2D eigenvalue weighted by Crippen LogP contribution is -2.43. The van der Waals surface area contributed by atoms with Crippen LogP contribution in [0.15, 0.2) is 60.7 Å². The van der Waals surface area contributed by atoms with Gasteiger partial charge in [-0.05, 0) is 125 Å². The smallest absolute Gasteiger partial charge is 0.146 e. The van der Waals surface area contributed by atoms with Gasteiger partial charge in [0.05, 0.1) is 0 Å². The first kappa shape index (κ1) is 35.9. The number of hydrogen-bond donors (Lipinski definition) is 0. The molecule has 0 atom stereocenters. The van der Waals surface area contributed by atoms with Crippen LogP contribution in [-0.4, -0.2) is 16.1 Å². The van der Waals surface area contributed by atoms with Gasteiger partial charge in [-0.25, -0.2) is 8.78 Å². The molecule has 0 N–H and O–H groups in total. The van der Waals surface area contributed by atoms with E-state index < -0.39 is 16.1 Å². The maximum Gasteiger partial charge on any atom is 0.146 e. The third-order valence-corrected chi connectivity index (χ3v) is 24.1. The van der Waals surface area contributed by atoms with Crippen LogP contribution in [0.4, 0.5) is 8.78 Å². The van der Waals surface area contributed by atoms with Crippen LogP contribution in [0, 0.1) is 34.6 Å². The summed E-state index contributed by atoms with van der Waals surface area (Å²) in [6.07, 6.45) is 0. The fraction of sp³-hybridized carbons (Fsp3) is 0.409. The molecule has 0 unspecified atom stereocenters. The largest absolute Gasteiger partial charge is 0.207 e. The Kier molecular flexibility index (Phi) is 10.1. The lowest BCUT2D eigenvalue weighted by Gasteiger charge is -2.38. The SMILES string of the molecule is CC(C)[Si](C#Cc1c2cc3ccc(F)cc3cc2c(C#C[Si](C(C)C)(C(C)C)C(C)C)c2cc3ccc(F)cc3cc12)(C(C)C)C(C)C. The Bertz CT molecular complexity index is 1950. The highest BCUT2D eigenvalue weighted by atomic mass is 28.3. The van der Waals surface area contributed by atoms with Crippen molar-refractivity contribution in [1.82, 2.24) is 0 Å². The van der Waals surface area contributed by atoms with Crippen molar-refractivity contribution < 1.29 is 8.78 Å². The second-order valence-corrected chi connectivity index (χ2v) is 27.0. The van der Waals surface area contributed by atoms with E-state index in [0.717, 1.165) is 54.2 Å². The number of hydrogen-bond acceptors (Lipinski definition) is 0. The minimum atomic E-state index is -2.09. The van der Waals surface area contributed by atoms with E-state index in [1.54, 1.807) is 12.1 Å². The van der Waals surface area contributed by atoms with Gasteiger partial charge in [0.1, 0.15) is 27.8 Å². The van der Waals surface area contributed by atoms with Crippen LogP contribution in [0.1, 0.15) is 94.2 Å². The molecule has 0 aromatic heterocycles. The molecule has 0 bridgehead atoms. The molecule has 0 saturated carbocycles. The van der Waals surface area contributed by atoms with Crippen LogP contribution in [0.3, 0.4) is 0 Å². The molecular formula is C44H52F2Si2. The summed E-state index contributed by atoms with van der Waals surface area (Å²) in [7, 11) is -4.19. The van der Waals surface area contributed by atoms with Gasteiger partial charge in [0, 0.05) is 11.1 Å². The predicted octanol–water partition coefficient (Wildman–Crippen LogP) is 13.7. The molecule has 5 aromatic rings. The summed E-state index contributed by atoms with van der Waals surface area (Å²) < 4.78 is 29.3. The molecule has 5 rings (SSSR count). The Balaban J connectivity index is 2.05. The number of halogens is 2. The van der Waals surface area contributed by atoms with E-state index >= 15 is 0 Å². The van der Waals surface area contributed by atoms with Crippen molar-refractivity contribution in [1.29, 1.82) is 0 Å². The second-order valence-electron chi connectivity index (χ2n) is 15.8. The Hall–Kier alpha value is -3.45. The maximum absolute atomic E-state index is 14.7. The van der Waals surface area contributed by atoms with E-state index in [0.29, 0.717) is 33.2 Å². The zero-order valence-corrected chi connectivity index (χ0v) is 33.0. The summed E-state index contributed by atoms with van der Waals surface area (Å²) in [4.78, 5) is 0. The van der Waals surface area contributed by atoms with Gasteiger partial charge in [-0.2, -0.15) is 0 Å². The van der Waals surface area contributed by atoms with Gasteiger partial charge in [-0.1, -0.05) is 107 Å². The summed E-state index contributed by atoms with van der Waals surface area (Å²) in [5.74, 6) is 7.15. The van der Waals surface area contributed by atoms with E-state index in [1.165, 1.54) is 12.1 Å².